The van der Waals surface area contributed by atoms with Crippen molar-refractivity contribution in [3.63, 3.8) is 0 Å². The molecule has 1 heterocycles. The van der Waals surface area contributed by atoms with Gasteiger partial charge in [0.2, 0.25) is 5.91 Å². The van der Waals surface area contributed by atoms with E-state index in [9.17, 15) is 4.79 Å². The van der Waals surface area contributed by atoms with E-state index in [1.165, 1.54) is 0 Å². The maximum Gasteiger partial charge on any atom is 0.249 e. The van der Waals surface area contributed by atoms with Gasteiger partial charge in [0, 0.05) is 17.3 Å². The Morgan fingerprint density at radius 3 is 2.72 bits per heavy atom. The topological polar surface area (TPSA) is 58.9 Å². The molecule has 0 aliphatic carbocycles. The van der Waals surface area contributed by atoms with E-state index in [0.29, 0.717) is 5.56 Å². The van der Waals surface area contributed by atoms with E-state index >= 15 is 0 Å². The molecule has 0 saturated carbocycles. The lowest BCUT2D eigenvalue weighted by Gasteiger charge is -2.06. The molecule has 0 spiro atoms. The van der Waals surface area contributed by atoms with Gasteiger partial charge in [-0.1, -0.05) is 30.3 Å². The van der Waals surface area contributed by atoms with Gasteiger partial charge in [0.25, 0.3) is 0 Å². The Kier molecular flexibility index (Phi) is 2.38. The molecule has 3 nitrogen and oxygen atoms in total. The minimum atomic E-state index is -0.405. The zero-order valence-corrected chi connectivity index (χ0v) is 9.68. The highest BCUT2D eigenvalue weighted by molar-refractivity contribution is 6.00. The molecule has 1 amide bonds. The summed E-state index contributed by atoms with van der Waals surface area (Å²) in [6, 6.07) is 15.4. The van der Waals surface area contributed by atoms with Crippen molar-refractivity contribution in [1.29, 1.82) is 0 Å². The van der Waals surface area contributed by atoms with Crippen LogP contribution in [0.25, 0.3) is 22.0 Å². The van der Waals surface area contributed by atoms with Gasteiger partial charge in [-0.05, 0) is 34.7 Å². The summed E-state index contributed by atoms with van der Waals surface area (Å²) >= 11 is 0. The van der Waals surface area contributed by atoms with E-state index in [-0.39, 0.29) is 0 Å². The van der Waals surface area contributed by atoms with Crippen LogP contribution in [-0.4, -0.2) is 10.9 Å². The predicted octanol–water partition coefficient (Wildman–Crippen LogP) is 2.93. The monoisotopic (exact) mass is 236 g/mol. The second-order valence-electron chi connectivity index (χ2n) is 4.19. The largest absolute Gasteiger partial charge is 0.366 e. The fraction of sp³-hybridized carbons (Fsp3) is 0. The molecule has 1 aromatic heterocycles. The number of amides is 1. The Morgan fingerprint density at radius 1 is 1.06 bits per heavy atom. The third-order valence-electron chi connectivity index (χ3n) is 3.06. The molecule has 0 aliphatic heterocycles. The third kappa shape index (κ3) is 1.66. The summed E-state index contributed by atoms with van der Waals surface area (Å²) in [4.78, 5) is 14.6. The molecule has 0 saturated heterocycles. The molecular formula is C15H12N2O. The fourth-order valence-electron chi connectivity index (χ4n) is 2.17. The van der Waals surface area contributed by atoms with Crippen LogP contribution in [0, 0.1) is 0 Å². The molecule has 3 aromatic rings. The molecule has 3 N–H and O–H groups in total. The highest BCUT2D eigenvalue weighted by Crippen LogP contribution is 2.26. The minimum Gasteiger partial charge on any atom is -0.366 e. The molecule has 3 rings (SSSR count). The maximum absolute atomic E-state index is 11.4. The quantitative estimate of drug-likeness (QED) is 0.706. The number of H-pyrrole nitrogens is 1. The standard InChI is InChI=1S/C15H12N2O/c16-15(18)13-4-2-1-3-12(13)11-6-5-10-7-8-17-14(10)9-11/h1-9,17H,(H2,16,18). The number of carbonyl (C=O) groups excluding carboxylic acids is 1. The Balaban J connectivity index is 2.22. The fourth-order valence-corrected chi connectivity index (χ4v) is 2.17. The van der Waals surface area contributed by atoms with E-state index in [2.05, 4.69) is 4.98 Å². The van der Waals surface area contributed by atoms with Gasteiger partial charge in [-0.3, -0.25) is 4.79 Å². The number of primary amides is 1. The van der Waals surface area contributed by atoms with Crippen LogP contribution in [0.1, 0.15) is 10.4 Å². The van der Waals surface area contributed by atoms with Crippen LogP contribution in [0.2, 0.25) is 0 Å². The number of nitrogens with one attached hydrogen (secondary N) is 1. The molecule has 2 aromatic carbocycles. The van der Waals surface area contributed by atoms with Crippen molar-refractivity contribution in [3.8, 4) is 11.1 Å². The van der Waals surface area contributed by atoms with Gasteiger partial charge in [0.1, 0.15) is 0 Å². The number of hydrogen-bond donors (Lipinski definition) is 2. The van der Waals surface area contributed by atoms with Gasteiger partial charge in [-0.15, -0.1) is 0 Å². The van der Waals surface area contributed by atoms with E-state index in [0.717, 1.165) is 22.0 Å². The number of benzene rings is 2. The summed E-state index contributed by atoms with van der Waals surface area (Å²) in [7, 11) is 0. The molecule has 88 valence electrons. The van der Waals surface area contributed by atoms with Crippen molar-refractivity contribution < 1.29 is 4.79 Å². The van der Waals surface area contributed by atoms with Crippen LogP contribution in [0.15, 0.2) is 54.7 Å². The normalized spacial score (nSPS) is 10.7. The Bertz CT molecular complexity index is 728. The average molecular weight is 236 g/mol. The lowest BCUT2D eigenvalue weighted by molar-refractivity contribution is 0.100. The Labute approximate surface area is 104 Å². The molecule has 0 aliphatic rings. The van der Waals surface area contributed by atoms with Crippen LogP contribution in [-0.2, 0) is 0 Å². The average Bonchev–Trinajstić information content (AvgIpc) is 2.85. The maximum atomic E-state index is 11.4. The van der Waals surface area contributed by atoms with E-state index in [1.807, 2.05) is 48.7 Å². The van der Waals surface area contributed by atoms with Gasteiger partial charge in [0.05, 0.1) is 0 Å². The van der Waals surface area contributed by atoms with E-state index < -0.39 is 5.91 Å². The summed E-state index contributed by atoms with van der Waals surface area (Å²) in [5.74, 6) is -0.405. The number of carbonyl (C=O) groups is 1. The van der Waals surface area contributed by atoms with Gasteiger partial charge in [0.15, 0.2) is 0 Å². The van der Waals surface area contributed by atoms with Crippen molar-refractivity contribution in [3.05, 3.63) is 60.3 Å². The van der Waals surface area contributed by atoms with Gasteiger partial charge in [-0.2, -0.15) is 0 Å². The summed E-state index contributed by atoms with van der Waals surface area (Å²) in [5, 5.41) is 1.15. The Morgan fingerprint density at radius 2 is 1.89 bits per heavy atom. The second kappa shape index (κ2) is 4.04. The number of aromatic amines is 1. The molecule has 18 heavy (non-hydrogen) atoms. The van der Waals surface area contributed by atoms with E-state index in [1.54, 1.807) is 6.07 Å². The lowest BCUT2D eigenvalue weighted by atomic mass is 9.98. The van der Waals surface area contributed by atoms with Crippen molar-refractivity contribution in [2.24, 2.45) is 5.73 Å². The SMILES string of the molecule is NC(=O)c1ccccc1-c1ccc2cc[nH]c2c1. The number of nitrogens with two attached hydrogens (primary N) is 1. The molecule has 0 bridgehead atoms. The molecule has 0 unspecified atom stereocenters. The van der Waals surface area contributed by atoms with Crippen LogP contribution in [0.4, 0.5) is 0 Å². The summed E-state index contributed by atoms with van der Waals surface area (Å²) in [5.41, 5.74) is 8.84. The highest BCUT2D eigenvalue weighted by Gasteiger charge is 2.09. The first-order chi connectivity index (χ1) is 8.75. The summed E-state index contributed by atoms with van der Waals surface area (Å²) < 4.78 is 0. The number of hydrogen-bond acceptors (Lipinski definition) is 1. The first-order valence-corrected chi connectivity index (χ1v) is 5.72. The molecule has 0 fully saturated rings. The van der Waals surface area contributed by atoms with Gasteiger partial charge >= 0.3 is 0 Å². The van der Waals surface area contributed by atoms with Gasteiger partial charge in [-0.25, -0.2) is 0 Å². The number of aromatic nitrogens is 1. The lowest BCUT2D eigenvalue weighted by Crippen LogP contribution is -2.12. The first kappa shape index (κ1) is 10.6. The van der Waals surface area contributed by atoms with E-state index in [4.69, 9.17) is 5.73 Å². The Hall–Kier alpha value is -2.55. The zero-order valence-electron chi connectivity index (χ0n) is 9.68. The zero-order chi connectivity index (χ0) is 12.5. The first-order valence-electron chi connectivity index (χ1n) is 5.72. The molecule has 3 heteroatoms. The molecule has 0 radical (unpaired) electrons. The van der Waals surface area contributed by atoms with Crippen LogP contribution in [0.5, 0.6) is 0 Å². The van der Waals surface area contributed by atoms with Crippen molar-refractivity contribution in [2.75, 3.05) is 0 Å². The smallest absolute Gasteiger partial charge is 0.249 e. The van der Waals surface area contributed by atoms with Crippen LogP contribution < -0.4 is 5.73 Å². The summed E-state index contributed by atoms with van der Waals surface area (Å²) in [6.07, 6.45) is 1.90. The number of rotatable bonds is 2. The molecule has 0 atom stereocenters. The van der Waals surface area contributed by atoms with Crippen LogP contribution >= 0.6 is 0 Å². The minimum absolute atomic E-state index is 0.405. The third-order valence-corrected chi connectivity index (χ3v) is 3.06. The van der Waals surface area contributed by atoms with Crippen LogP contribution in [0.3, 0.4) is 0 Å². The van der Waals surface area contributed by atoms with Crippen molar-refractivity contribution in [2.45, 2.75) is 0 Å². The number of fused-ring (bicyclic) bond motifs is 1. The second-order valence-corrected chi connectivity index (χ2v) is 4.19. The van der Waals surface area contributed by atoms with Crippen molar-refractivity contribution in [1.82, 2.24) is 4.98 Å². The molecular weight excluding hydrogens is 224 g/mol. The van der Waals surface area contributed by atoms with Crippen molar-refractivity contribution >= 4 is 16.8 Å². The summed E-state index contributed by atoms with van der Waals surface area (Å²) in [6.45, 7) is 0. The predicted molar refractivity (Wildman–Crippen MR) is 72.3 cm³/mol. The highest BCUT2D eigenvalue weighted by atomic mass is 16.1. The van der Waals surface area contributed by atoms with Gasteiger partial charge < -0.3 is 10.7 Å².